The van der Waals surface area contributed by atoms with E-state index in [0.29, 0.717) is 0 Å². The van der Waals surface area contributed by atoms with Gasteiger partial charge in [0.15, 0.2) is 12.2 Å². The molecule has 0 aliphatic heterocycles. The maximum Gasteiger partial charge on any atom is 1.00 e. The summed E-state index contributed by atoms with van der Waals surface area (Å²) >= 11 is 0. The van der Waals surface area contributed by atoms with Gasteiger partial charge in [0.2, 0.25) is 0 Å². The SMILES string of the molecule is O=C(O)C(O)C(O)C(=O)O.[H-].[Na+].[Ti]. The number of aliphatic hydroxyl groups is 2. The molecule has 2 atom stereocenters. The smallest absolute Gasteiger partial charge is 1.00 e. The van der Waals surface area contributed by atoms with Crippen LogP contribution in [0.4, 0.5) is 0 Å². The van der Waals surface area contributed by atoms with Crippen molar-refractivity contribution in [1.82, 2.24) is 0 Å². The molecule has 2 unspecified atom stereocenters. The number of hydrogen-bond donors (Lipinski definition) is 4. The predicted molar refractivity (Wildman–Crippen MR) is 28.4 cm³/mol. The van der Waals surface area contributed by atoms with E-state index in [9.17, 15) is 9.59 Å². The number of carboxylic acids is 2. The average Bonchev–Trinajstić information content (AvgIpc) is 1.84. The molecular formula is C4H7NaO6Ti. The summed E-state index contributed by atoms with van der Waals surface area (Å²) in [6, 6.07) is 0. The van der Waals surface area contributed by atoms with Crippen LogP contribution in [-0.2, 0) is 31.3 Å². The molecule has 0 aromatic heterocycles. The second kappa shape index (κ2) is 8.19. The van der Waals surface area contributed by atoms with Crippen molar-refractivity contribution < 1.29 is 82.7 Å². The van der Waals surface area contributed by atoms with Gasteiger partial charge in [0.05, 0.1) is 0 Å². The summed E-state index contributed by atoms with van der Waals surface area (Å²) < 4.78 is 0. The minimum atomic E-state index is -2.27. The summed E-state index contributed by atoms with van der Waals surface area (Å²) in [6.45, 7) is 0. The Bertz CT molecular complexity index is 149. The van der Waals surface area contributed by atoms with Crippen LogP contribution in [0.25, 0.3) is 0 Å². The number of aliphatic hydroxyl groups excluding tert-OH is 2. The first kappa shape index (κ1) is 18.4. The van der Waals surface area contributed by atoms with Crippen molar-refractivity contribution in [2.45, 2.75) is 12.2 Å². The zero-order valence-corrected chi connectivity index (χ0v) is 9.82. The van der Waals surface area contributed by atoms with E-state index in [2.05, 4.69) is 0 Å². The van der Waals surface area contributed by atoms with Gasteiger partial charge in [-0.05, 0) is 0 Å². The molecule has 8 heteroatoms. The molecule has 0 bridgehead atoms. The third-order valence-corrected chi connectivity index (χ3v) is 0.805. The molecule has 0 aliphatic rings. The second-order valence-electron chi connectivity index (χ2n) is 1.57. The van der Waals surface area contributed by atoms with Gasteiger partial charge in [0.25, 0.3) is 0 Å². The molecule has 0 amide bonds. The molecule has 0 aliphatic carbocycles. The molecule has 0 rings (SSSR count). The van der Waals surface area contributed by atoms with Crippen LogP contribution in [0.3, 0.4) is 0 Å². The fourth-order valence-electron chi connectivity index (χ4n) is 0.270. The Kier molecular flexibility index (Phi) is 12.5. The standard InChI is InChI=1S/C4H6O6.Na.Ti.H/c5-1(3(7)8)2(6)4(9)10;;;/h1-2,5-6H,(H,7,8)(H,9,10);;;/q;+1;;-1. The van der Waals surface area contributed by atoms with Crippen LogP contribution >= 0.6 is 0 Å². The van der Waals surface area contributed by atoms with E-state index in [1.54, 1.807) is 0 Å². The summed E-state index contributed by atoms with van der Waals surface area (Å²) in [6.07, 6.45) is -4.53. The molecule has 0 spiro atoms. The van der Waals surface area contributed by atoms with Crippen LogP contribution in [0, 0.1) is 0 Å². The molecule has 0 aromatic rings. The Morgan fingerprint density at radius 1 is 1.00 bits per heavy atom. The Labute approximate surface area is 106 Å². The van der Waals surface area contributed by atoms with Crippen molar-refractivity contribution in [3.8, 4) is 0 Å². The van der Waals surface area contributed by atoms with E-state index >= 15 is 0 Å². The zero-order chi connectivity index (χ0) is 8.31. The molecule has 0 radical (unpaired) electrons. The third-order valence-electron chi connectivity index (χ3n) is 0.805. The third kappa shape index (κ3) is 6.13. The minimum absolute atomic E-state index is 0. The number of aliphatic carboxylic acids is 2. The summed E-state index contributed by atoms with van der Waals surface area (Å²) in [5, 5.41) is 32.5. The topological polar surface area (TPSA) is 115 Å². The second-order valence-corrected chi connectivity index (χ2v) is 1.57. The van der Waals surface area contributed by atoms with Gasteiger partial charge >= 0.3 is 41.5 Å². The Morgan fingerprint density at radius 3 is 1.25 bits per heavy atom. The predicted octanol–water partition coefficient (Wildman–Crippen LogP) is -5.01. The van der Waals surface area contributed by atoms with Gasteiger partial charge in [0, 0.05) is 21.7 Å². The fraction of sp³-hybridized carbons (Fsp3) is 0.500. The summed E-state index contributed by atoms with van der Waals surface area (Å²) in [4.78, 5) is 19.5. The molecule has 0 heterocycles. The van der Waals surface area contributed by atoms with Crippen molar-refractivity contribution in [3.63, 3.8) is 0 Å². The molecule has 0 aromatic carbocycles. The van der Waals surface area contributed by atoms with E-state index in [-0.39, 0.29) is 52.7 Å². The van der Waals surface area contributed by atoms with Crippen molar-refractivity contribution in [2.75, 3.05) is 0 Å². The van der Waals surface area contributed by atoms with Crippen molar-refractivity contribution >= 4 is 11.9 Å². The molecule has 6 nitrogen and oxygen atoms in total. The molecule has 0 saturated carbocycles. The number of hydrogen-bond acceptors (Lipinski definition) is 4. The monoisotopic (exact) mass is 222 g/mol. The van der Waals surface area contributed by atoms with E-state index in [4.69, 9.17) is 20.4 Å². The maximum atomic E-state index is 9.77. The van der Waals surface area contributed by atoms with E-state index in [0.717, 1.165) is 0 Å². The molecular weight excluding hydrogens is 215 g/mol. The van der Waals surface area contributed by atoms with Gasteiger partial charge < -0.3 is 21.9 Å². The van der Waals surface area contributed by atoms with Crippen molar-refractivity contribution in [1.29, 1.82) is 0 Å². The summed E-state index contributed by atoms with van der Waals surface area (Å²) in [5.74, 6) is -3.54. The van der Waals surface area contributed by atoms with Crippen LogP contribution in [0.2, 0.25) is 0 Å². The van der Waals surface area contributed by atoms with E-state index in [1.165, 1.54) is 0 Å². The quantitative estimate of drug-likeness (QED) is 0.355. The first-order chi connectivity index (χ1) is 4.46. The van der Waals surface area contributed by atoms with Gasteiger partial charge in [-0.25, -0.2) is 9.59 Å². The minimum Gasteiger partial charge on any atom is -1.00 e. The van der Waals surface area contributed by atoms with Gasteiger partial charge in [-0.1, -0.05) is 0 Å². The van der Waals surface area contributed by atoms with Gasteiger partial charge in [-0.3, -0.25) is 0 Å². The van der Waals surface area contributed by atoms with Crippen LogP contribution < -0.4 is 29.6 Å². The first-order valence-corrected chi connectivity index (χ1v) is 2.28. The molecule has 4 N–H and O–H groups in total. The largest absolute Gasteiger partial charge is 1.00 e. The fourth-order valence-corrected chi connectivity index (χ4v) is 0.270. The zero-order valence-electron chi connectivity index (χ0n) is 7.26. The molecule has 0 fully saturated rings. The van der Waals surface area contributed by atoms with Gasteiger partial charge in [0.1, 0.15) is 0 Å². The molecule has 64 valence electrons. The maximum absolute atomic E-state index is 9.77. The molecule has 0 saturated heterocycles. The van der Waals surface area contributed by atoms with Crippen LogP contribution in [-0.4, -0.2) is 44.6 Å². The van der Waals surface area contributed by atoms with Gasteiger partial charge in [-0.2, -0.15) is 0 Å². The normalized spacial score (nSPS) is 13.2. The number of carboxylic acid groups (broad SMARTS) is 2. The molecule has 12 heavy (non-hydrogen) atoms. The Hall–Kier alpha value is 0.574. The number of carbonyl (C=O) groups is 2. The first-order valence-electron chi connectivity index (χ1n) is 2.28. The van der Waals surface area contributed by atoms with Crippen LogP contribution in [0.5, 0.6) is 0 Å². The number of rotatable bonds is 3. The summed E-state index contributed by atoms with van der Waals surface area (Å²) in [7, 11) is 0. The van der Waals surface area contributed by atoms with Crippen LogP contribution in [0.1, 0.15) is 1.43 Å². The van der Waals surface area contributed by atoms with Gasteiger partial charge in [-0.15, -0.1) is 0 Å². The van der Waals surface area contributed by atoms with Crippen molar-refractivity contribution in [2.24, 2.45) is 0 Å². The van der Waals surface area contributed by atoms with Crippen molar-refractivity contribution in [3.05, 3.63) is 0 Å². The summed E-state index contributed by atoms with van der Waals surface area (Å²) in [5.41, 5.74) is 0. The average molecular weight is 222 g/mol. The Balaban J connectivity index is -0.000000135. The van der Waals surface area contributed by atoms with Crippen LogP contribution in [0.15, 0.2) is 0 Å². The van der Waals surface area contributed by atoms with E-state index < -0.39 is 24.1 Å². The van der Waals surface area contributed by atoms with E-state index in [1.807, 2.05) is 0 Å². The Morgan fingerprint density at radius 2 is 1.17 bits per heavy atom.